The van der Waals surface area contributed by atoms with Gasteiger partial charge in [-0.1, -0.05) is 39.5 Å². The second kappa shape index (κ2) is 10.8. The number of nitrogens with one attached hydrogen (secondary N) is 1. The van der Waals surface area contributed by atoms with Crippen molar-refractivity contribution in [3.8, 4) is 0 Å². The standard InChI is InChI=1S/C20H33N7O4/c1-3-6-12(7-4-2)8-5-9-23-26-20-24-17(21)14-18(25-20)27(11-22-14)19-16(30)15(29)13(10-28)31-19/h9,11-13,15-16,19,28-30H,3-8,10H2,1-2H3,(H3,21,24,25,26)/t13-,15-,16-,19-/m1/s1. The highest BCUT2D eigenvalue weighted by Gasteiger charge is 2.44. The van der Waals surface area contributed by atoms with Crippen molar-refractivity contribution >= 4 is 29.1 Å². The number of nitrogen functional groups attached to an aromatic ring is 1. The Morgan fingerprint density at radius 3 is 2.61 bits per heavy atom. The van der Waals surface area contributed by atoms with Gasteiger partial charge in [0.25, 0.3) is 0 Å². The van der Waals surface area contributed by atoms with Crippen LogP contribution in [0.5, 0.6) is 0 Å². The first-order valence-electron chi connectivity index (χ1n) is 10.9. The molecule has 1 aliphatic heterocycles. The van der Waals surface area contributed by atoms with Crippen LogP contribution in [0.25, 0.3) is 11.2 Å². The van der Waals surface area contributed by atoms with Crippen molar-refractivity contribution in [1.82, 2.24) is 19.5 Å². The molecule has 0 aliphatic carbocycles. The van der Waals surface area contributed by atoms with E-state index in [9.17, 15) is 15.3 Å². The van der Waals surface area contributed by atoms with Gasteiger partial charge in [-0.15, -0.1) is 0 Å². The summed E-state index contributed by atoms with van der Waals surface area (Å²) in [7, 11) is 0. The van der Waals surface area contributed by atoms with Crippen molar-refractivity contribution in [2.75, 3.05) is 17.8 Å². The number of nitrogens with two attached hydrogens (primary N) is 1. The Labute approximate surface area is 181 Å². The first-order valence-corrected chi connectivity index (χ1v) is 10.9. The van der Waals surface area contributed by atoms with Crippen molar-refractivity contribution in [1.29, 1.82) is 0 Å². The average Bonchev–Trinajstić information content (AvgIpc) is 3.29. The lowest BCUT2D eigenvalue weighted by Crippen LogP contribution is -2.33. The fourth-order valence-corrected chi connectivity index (χ4v) is 4.01. The fourth-order valence-electron chi connectivity index (χ4n) is 4.01. The maximum absolute atomic E-state index is 10.3. The third-order valence-corrected chi connectivity index (χ3v) is 5.59. The SMILES string of the molecule is CCCC(CCC)CCC=NNc1nc(N)c2ncn([C@@H]3O[C@H](CO)[C@@H](O)[C@H]3O)c2n1. The molecule has 0 unspecified atom stereocenters. The van der Waals surface area contributed by atoms with Crippen LogP contribution >= 0.6 is 0 Å². The molecule has 0 saturated carbocycles. The van der Waals surface area contributed by atoms with Gasteiger partial charge in [-0.3, -0.25) is 4.57 Å². The highest BCUT2D eigenvalue weighted by molar-refractivity contribution is 5.83. The summed E-state index contributed by atoms with van der Waals surface area (Å²) in [5.74, 6) is 1.06. The normalized spacial score (nSPS) is 24.1. The second-order valence-corrected chi connectivity index (χ2v) is 7.93. The van der Waals surface area contributed by atoms with Crippen LogP contribution in [0.2, 0.25) is 0 Å². The number of aromatic nitrogens is 4. The first kappa shape index (κ1) is 23.3. The van der Waals surface area contributed by atoms with E-state index in [1.807, 2.05) is 6.21 Å². The molecule has 11 nitrogen and oxygen atoms in total. The van der Waals surface area contributed by atoms with E-state index in [-0.39, 0.29) is 11.8 Å². The lowest BCUT2D eigenvalue weighted by Gasteiger charge is -2.16. The van der Waals surface area contributed by atoms with E-state index in [1.165, 1.54) is 36.6 Å². The first-order chi connectivity index (χ1) is 15.0. The van der Waals surface area contributed by atoms with Crippen LogP contribution in [0.15, 0.2) is 11.4 Å². The van der Waals surface area contributed by atoms with Crippen LogP contribution in [-0.2, 0) is 4.74 Å². The van der Waals surface area contributed by atoms with E-state index < -0.39 is 31.1 Å². The smallest absolute Gasteiger partial charge is 0.247 e. The Hall–Kier alpha value is -2.34. The molecule has 0 radical (unpaired) electrons. The average molecular weight is 436 g/mol. The van der Waals surface area contributed by atoms with E-state index in [0.29, 0.717) is 11.2 Å². The summed E-state index contributed by atoms with van der Waals surface area (Å²) < 4.78 is 7.03. The van der Waals surface area contributed by atoms with Gasteiger partial charge in [-0.25, -0.2) is 10.4 Å². The number of nitrogens with zero attached hydrogens (tertiary/aromatic N) is 5. The molecule has 2 aromatic rings. The molecule has 0 spiro atoms. The van der Waals surface area contributed by atoms with Crippen LogP contribution < -0.4 is 11.2 Å². The molecule has 1 aliphatic rings. The molecule has 4 atom stereocenters. The number of aliphatic hydroxyl groups is 3. The molecule has 0 aromatic carbocycles. The number of hydrogen-bond donors (Lipinski definition) is 5. The molecule has 1 fully saturated rings. The van der Waals surface area contributed by atoms with Crippen molar-refractivity contribution in [3.63, 3.8) is 0 Å². The number of imidazole rings is 1. The van der Waals surface area contributed by atoms with Crippen molar-refractivity contribution in [2.24, 2.45) is 11.0 Å². The van der Waals surface area contributed by atoms with Crippen molar-refractivity contribution < 1.29 is 20.1 Å². The minimum Gasteiger partial charge on any atom is -0.394 e. The highest BCUT2D eigenvalue weighted by atomic mass is 16.6. The van der Waals surface area contributed by atoms with Gasteiger partial charge in [0, 0.05) is 6.21 Å². The summed E-state index contributed by atoms with van der Waals surface area (Å²) in [6, 6.07) is 0. The number of rotatable bonds is 11. The van der Waals surface area contributed by atoms with Gasteiger partial charge in [0.1, 0.15) is 23.8 Å². The van der Waals surface area contributed by atoms with Crippen LogP contribution in [0, 0.1) is 5.92 Å². The third-order valence-electron chi connectivity index (χ3n) is 5.59. The molecular weight excluding hydrogens is 402 g/mol. The molecule has 31 heavy (non-hydrogen) atoms. The van der Waals surface area contributed by atoms with Crippen molar-refractivity contribution in [3.05, 3.63) is 6.33 Å². The third kappa shape index (κ3) is 5.29. The summed E-state index contributed by atoms with van der Waals surface area (Å²) in [6.07, 6.45) is 5.68. The number of hydrazone groups is 1. The number of fused-ring (bicyclic) bond motifs is 1. The molecule has 3 rings (SSSR count). The summed E-state index contributed by atoms with van der Waals surface area (Å²) in [5, 5.41) is 33.8. The lowest BCUT2D eigenvalue weighted by atomic mass is 9.94. The van der Waals surface area contributed by atoms with Gasteiger partial charge in [0.05, 0.1) is 12.9 Å². The molecule has 0 bridgehead atoms. The van der Waals surface area contributed by atoms with E-state index in [1.54, 1.807) is 0 Å². The van der Waals surface area contributed by atoms with Gasteiger partial charge in [0.15, 0.2) is 17.7 Å². The van der Waals surface area contributed by atoms with Gasteiger partial charge >= 0.3 is 0 Å². The zero-order valence-electron chi connectivity index (χ0n) is 18.1. The number of hydrogen-bond acceptors (Lipinski definition) is 10. The van der Waals surface area contributed by atoms with Gasteiger partial charge in [-0.2, -0.15) is 15.1 Å². The summed E-state index contributed by atoms with van der Waals surface area (Å²) in [4.78, 5) is 12.8. The zero-order chi connectivity index (χ0) is 22.4. The molecular formula is C20H33N7O4. The summed E-state index contributed by atoms with van der Waals surface area (Å²) in [5.41, 5.74) is 9.47. The summed E-state index contributed by atoms with van der Waals surface area (Å²) in [6.45, 7) is 4.00. The Morgan fingerprint density at radius 1 is 1.23 bits per heavy atom. The van der Waals surface area contributed by atoms with Gasteiger partial charge in [-0.05, 0) is 18.8 Å². The minimum atomic E-state index is -1.25. The number of ether oxygens (including phenoxy) is 1. The maximum Gasteiger partial charge on any atom is 0.247 e. The van der Waals surface area contributed by atoms with Gasteiger partial charge < -0.3 is 25.8 Å². The summed E-state index contributed by atoms with van der Waals surface area (Å²) >= 11 is 0. The van der Waals surface area contributed by atoms with E-state index in [4.69, 9.17) is 10.5 Å². The Bertz CT molecular complexity index is 869. The van der Waals surface area contributed by atoms with Crippen LogP contribution in [-0.4, -0.2) is 66.0 Å². The quantitative estimate of drug-likeness (QED) is 0.259. The number of anilines is 2. The van der Waals surface area contributed by atoms with E-state index in [0.717, 1.165) is 18.8 Å². The monoisotopic (exact) mass is 435 g/mol. The van der Waals surface area contributed by atoms with Crippen LogP contribution in [0.4, 0.5) is 11.8 Å². The van der Waals surface area contributed by atoms with Crippen LogP contribution in [0.3, 0.4) is 0 Å². The lowest BCUT2D eigenvalue weighted by molar-refractivity contribution is -0.0511. The number of aliphatic hydroxyl groups excluding tert-OH is 3. The largest absolute Gasteiger partial charge is 0.394 e. The Balaban J connectivity index is 1.70. The molecule has 1 saturated heterocycles. The topological polar surface area (TPSA) is 164 Å². The second-order valence-electron chi connectivity index (χ2n) is 7.93. The predicted octanol–water partition coefficient (Wildman–Crippen LogP) is 1.41. The molecule has 172 valence electrons. The highest BCUT2D eigenvalue weighted by Crippen LogP contribution is 2.32. The Kier molecular flexibility index (Phi) is 8.13. The fraction of sp³-hybridized carbons (Fsp3) is 0.700. The maximum atomic E-state index is 10.3. The molecule has 2 aromatic heterocycles. The Morgan fingerprint density at radius 2 is 1.97 bits per heavy atom. The minimum absolute atomic E-state index is 0.152. The molecule has 11 heteroatoms. The molecule has 3 heterocycles. The predicted molar refractivity (Wildman–Crippen MR) is 117 cm³/mol. The molecule has 0 amide bonds. The van der Waals surface area contributed by atoms with Gasteiger partial charge in [0.2, 0.25) is 5.95 Å². The van der Waals surface area contributed by atoms with Crippen molar-refractivity contribution in [2.45, 2.75) is 76.9 Å². The van der Waals surface area contributed by atoms with E-state index >= 15 is 0 Å². The molecule has 6 N–H and O–H groups in total. The zero-order valence-corrected chi connectivity index (χ0v) is 18.1. The van der Waals surface area contributed by atoms with E-state index in [2.05, 4.69) is 39.3 Å². The van der Waals surface area contributed by atoms with Crippen LogP contribution in [0.1, 0.15) is 58.6 Å².